The first-order valence-corrected chi connectivity index (χ1v) is 7.02. The van der Waals surface area contributed by atoms with Crippen molar-refractivity contribution in [2.75, 3.05) is 6.61 Å². The normalized spacial score (nSPS) is 12.2. The van der Waals surface area contributed by atoms with Crippen molar-refractivity contribution in [1.82, 2.24) is 0 Å². The number of hydrogen-bond donors (Lipinski definition) is 0. The lowest BCUT2D eigenvalue weighted by Crippen LogP contribution is -2.11. The quantitative estimate of drug-likeness (QED) is 0.765. The summed E-state index contributed by atoms with van der Waals surface area (Å²) >= 11 is 0. The SMILES string of the molecule is CCOC(=O)c1ccc(OC(C)CC)c2ccccc12. The van der Waals surface area contributed by atoms with Crippen LogP contribution >= 0.6 is 0 Å². The smallest absolute Gasteiger partial charge is 0.338 e. The van der Waals surface area contributed by atoms with E-state index in [9.17, 15) is 4.79 Å². The molecule has 0 aliphatic carbocycles. The molecule has 0 radical (unpaired) electrons. The Morgan fingerprint density at radius 3 is 2.45 bits per heavy atom. The van der Waals surface area contributed by atoms with Gasteiger partial charge in [0.25, 0.3) is 0 Å². The van der Waals surface area contributed by atoms with Crippen LogP contribution in [0.4, 0.5) is 0 Å². The van der Waals surface area contributed by atoms with Crippen molar-refractivity contribution in [2.24, 2.45) is 0 Å². The van der Waals surface area contributed by atoms with E-state index in [2.05, 4.69) is 6.92 Å². The average Bonchev–Trinajstić information content (AvgIpc) is 2.47. The number of hydrogen-bond acceptors (Lipinski definition) is 3. The standard InChI is InChI=1S/C17H20O3/c1-4-12(3)20-16-11-10-15(17(18)19-5-2)13-8-6-7-9-14(13)16/h6-12H,4-5H2,1-3H3. The first-order valence-electron chi connectivity index (χ1n) is 7.02. The molecule has 0 N–H and O–H groups in total. The molecule has 3 heteroatoms. The molecule has 3 nitrogen and oxygen atoms in total. The van der Waals surface area contributed by atoms with E-state index in [1.54, 1.807) is 13.0 Å². The fourth-order valence-corrected chi connectivity index (χ4v) is 2.06. The zero-order chi connectivity index (χ0) is 14.5. The van der Waals surface area contributed by atoms with E-state index in [4.69, 9.17) is 9.47 Å². The second-order valence-electron chi connectivity index (χ2n) is 4.71. The molecule has 0 aliphatic heterocycles. The lowest BCUT2D eigenvalue weighted by Gasteiger charge is -2.16. The third-order valence-electron chi connectivity index (χ3n) is 3.28. The molecule has 1 unspecified atom stereocenters. The largest absolute Gasteiger partial charge is 0.490 e. The molecule has 0 aromatic heterocycles. The van der Waals surface area contributed by atoms with E-state index in [1.807, 2.05) is 37.3 Å². The van der Waals surface area contributed by atoms with Crippen LogP contribution in [0.2, 0.25) is 0 Å². The van der Waals surface area contributed by atoms with Gasteiger partial charge < -0.3 is 9.47 Å². The number of carbonyl (C=O) groups is 1. The predicted octanol–water partition coefficient (Wildman–Crippen LogP) is 4.19. The molecule has 0 spiro atoms. The fraction of sp³-hybridized carbons (Fsp3) is 0.353. The van der Waals surface area contributed by atoms with Crippen molar-refractivity contribution in [3.05, 3.63) is 42.0 Å². The van der Waals surface area contributed by atoms with E-state index in [0.717, 1.165) is 22.9 Å². The minimum absolute atomic E-state index is 0.145. The van der Waals surface area contributed by atoms with Crippen molar-refractivity contribution in [2.45, 2.75) is 33.3 Å². The number of ether oxygens (including phenoxy) is 2. The van der Waals surface area contributed by atoms with Crippen molar-refractivity contribution >= 4 is 16.7 Å². The predicted molar refractivity (Wildman–Crippen MR) is 80.3 cm³/mol. The Balaban J connectivity index is 2.49. The Morgan fingerprint density at radius 2 is 1.80 bits per heavy atom. The summed E-state index contributed by atoms with van der Waals surface area (Å²) in [5.41, 5.74) is 0.582. The van der Waals surface area contributed by atoms with Crippen LogP contribution in [0, 0.1) is 0 Å². The first-order chi connectivity index (χ1) is 9.67. The Hall–Kier alpha value is -2.03. The molecule has 0 saturated carbocycles. The molecule has 1 atom stereocenters. The van der Waals surface area contributed by atoms with Crippen LogP contribution in [0.15, 0.2) is 36.4 Å². The second-order valence-corrected chi connectivity index (χ2v) is 4.71. The Kier molecular flexibility index (Phi) is 4.61. The minimum Gasteiger partial charge on any atom is -0.490 e. The molecule has 0 fully saturated rings. The first kappa shape index (κ1) is 14.4. The summed E-state index contributed by atoms with van der Waals surface area (Å²) in [6.45, 7) is 6.30. The average molecular weight is 272 g/mol. The maximum atomic E-state index is 12.0. The molecular formula is C17H20O3. The summed E-state index contributed by atoms with van der Waals surface area (Å²) in [5, 5.41) is 1.81. The monoisotopic (exact) mass is 272 g/mol. The van der Waals surface area contributed by atoms with Gasteiger partial charge in [-0.1, -0.05) is 31.2 Å². The number of carbonyl (C=O) groups excluding carboxylic acids is 1. The molecule has 0 heterocycles. The van der Waals surface area contributed by atoms with Crippen LogP contribution in [0.5, 0.6) is 5.75 Å². The number of esters is 1. The van der Waals surface area contributed by atoms with Gasteiger partial charge in [0.2, 0.25) is 0 Å². The molecule has 2 rings (SSSR count). The molecule has 0 saturated heterocycles. The fourth-order valence-electron chi connectivity index (χ4n) is 2.06. The lowest BCUT2D eigenvalue weighted by molar-refractivity contribution is 0.0528. The topological polar surface area (TPSA) is 35.5 Å². The third-order valence-corrected chi connectivity index (χ3v) is 3.28. The summed E-state index contributed by atoms with van der Waals surface area (Å²) in [4.78, 5) is 12.0. The molecule has 0 bridgehead atoms. The van der Waals surface area contributed by atoms with E-state index < -0.39 is 0 Å². The van der Waals surface area contributed by atoms with Gasteiger partial charge in [-0.15, -0.1) is 0 Å². The van der Waals surface area contributed by atoms with Gasteiger partial charge in [0.1, 0.15) is 5.75 Å². The maximum Gasteiger partial charge on any atom is 0.338 e. The molecule has 0 amide bonds. The summed E-state index contributed by atoms with van der Waals surface area (Å²) in [6, 6.07) is 11.4. The summed E-state index contributed by atoms with van der Waals surface area (Å²) in [5.74, 6) is 0.516. The molecule has 0 aliphatic rings. The number of fused-ring (bicyclic) bond motifs is 1. The third kappa shape index (κ3) is 2.93. The zero-order valence-electron chi connectivity index (χ0n) is 12.2. The highest BCUT2D eigenvalue weighted by molar-refractivity contribution is 6.06. The van der Waals surface area contributed by atoms with Crippen LogP contribution in [0.1, 0.15) is 37.6 Å². The van der Waals surface area contributed by atoms with Crippen LogP contribution in [-0.4, -0.2) is 18.7 Å². The van der Waals surface area contributed by atoms with E-state index in [1.165, 1.54) is 0 Å². The van der Waals surface area contributed by atoms with Gasteiger partial charge >= 0.3 is 5.97 Å². The highest BCUT2D eigenvalue weighted by Gasteiger charge is 2.14. The maximum absolute atomic E-state index is 12.0. The van der Waals surface area contributed by atoms with Crippen LogP contribution < -0.4 is 4.74 Å². The number of rotatable bonds is 5. The summed E-state index contributed by atoms with van der Waals surface area (Å²) < 4.78 is 11.0. The van der Waals surface area contributed by atoms with Crippen molar-refractivity contribution in [3.63, 3.8) is 0 Å². The Bertz CT molecular complexity index is 604. The van der Waals surface area contributed by atoms with Gasteiger partial charge in [0, 0.05) is 5.39 Å². The lowest BCUT2D eigenvalue weighted by atomic mass is 10.0. The highest BCUT2D eigenvalue weighted by Crippen LogP contribution is 2.30. The van der Waals surface area contributed by atoms with Crippen LogP contribution in [0.3, 0.4) is 0 Å². The minimum atomic E-state index is -0.293. The van der Waals surface area contributed by atoms with Crippen molar-refractivity contribution in [1.29, 1.82) is 0 Å². The van der Waals surface area contributed by atoms with Crippen molar-refractivity contribution in [3.8, 4) is 5.75 Å². The van der Waals surface area contributed by atoms with Gasteiger partial charge in [0.15, 0.2) is 0 Å². The Morgan fingerprint density at radius 1 is 1.10 bits per heavy atom. The van der Waals surface area contributed by atoms with Gasteiger partial charge in [0.05, 0.1) is 18.3 Å². The molecule has 20 heavy (non-hydrogen) atoms. The van der Waals surface area contributed by atoms with E-state index >= 15 is 0 Å². The molecule has 2 aromatic rings. The summed E-state index contributed by atoms with van der Waals surface area (Å²) in [7, 11) is 0. The van der Waals surface area contributed by atoms with Gasteiger partial charge in [-0.2, -0.15) is 0 Å². The van der Waals surface area contributed by atoms with Gasteiger partial charge in [-0.05, 0) is 37.8 Å². The summed E-state index contributed by atoms with van der Waals surface area (Å²) in [6.07, 6.45) is 1.08. The second kappa shape index (κ2) is 6.42. The highest BCUT2D eigenvalue weighted by atomic mass is 16.5. The van der Waals surface area contributed by atoms with Gasteiger partial charge in [-0.3, -0.25) is 0 Å². The van der Waals surface area contributed by atoms with Crippen LogP contribution in [-0.2, 0) is 4.74 Å². The van der Waals surface area contributed by atoms with E-state index in [-0.39, 0.29) is 12.1 Å². The van der Waals surface area contributed by atoms with E-state index in [0.29, 0.717) is 12.2 Å². The molecule has 2 aromatic carbocycles. The van der Waals surface area contributed by atoms with Crippen LogP contribution in [0.25, 0.3) is 10.8 Å². The number of benzene rings is 2. The molecular weight excluding hydrogens is 252 g/mol. The van der Waals surface area contributed by atoms with Gasteiger partial charge in [-0.25, -0.2) is 4.79 Å². The van der Waals surface area contributed by atoms with Crippen molar-refractivity contribution < 1.29 is 14.3 Å². The Labute approximate surface area is 119 Å². The molecule has 106 valence electrons. The zero-order valence-corrected chi connectivity index (χ0v) is 12.2.